The predicted molar refractivity (Wildman–Crippen MR) is 144 cm³/mol. The molecule has 3 rings (SSSR count). The van der Waals surface area contributed by atoms with Crippen LogP contribution in [0.25, 0.3) is 10.9 Å². The lowest BCUT2D eigenvalue weighted by Gasteiger charge is -2.06. The van der Waals surface area contributed by atoms with Crippen molar-refractivity contribution in [2.75, 3.05) is 27.7 Å². The summed E-state index contributed by atoms with van der Waals surface area (Å²) in [5.41, 5.74) is 2.17. The topological polar surface area (TPSA) is 99.5 Å². The second-order valence-electron chi connectivity index (χ2n) is 6.87. The van der Waals surface area contributed by atoms with Crippen molar-refractivity contribution in [1.29, 1.82) is 0 Å². The zero-order valence-electron chi connectivity index (χ0n) is 20.8. The van der Waals surface area contributed by atoms with Crippen LogP contribution in [-0.4, -0.2) is 47.4 Å². The number of rotatable bonds is 8. The van der Waals surface area contributed by atoms with Crippen molar-refractivity contribution in [1.82, 2.24) is 20.6 Å². The van der Waals surface area contributed by atoms with E-state index < -0.39 is 0 Å². The Kier molecular flexibility index (Phi) is 18.0. The Morgan fingerprint density at radius 2 is 1.74 bits per heavy atom. The van der Waals surface area contributed by atoms with Gasteiger partial charge in [-0.15, -0.1) is 12.8 Å². The second-order valence-corrected chi connectivity index (χ2v) is 7.49. The van der Waals surface area contributed by atoms with Gasteiger partial charge in [-0.05, 0) is 57.7 Å². The molecule has 0 saturated heterocycles. The lowest BCUT2D eigenvalue weighted by Crippen LogP contribution is -2.10. The summed E-state index contributed by atoms with van der Waals surface area (Å²) in [7, 11) is 5.41. The normalized spacial score (nSPS) is 9.53. The minimum Gasteiger partial charge on any atom is -0.507 e. The SMILES string of the molecule is C#C.CCCCNC.CCc1nc(CNC)nc2ccccc12.COc1ccc(O)c(SO)c1. The molecule has 0 amide bonds. The second kappa shape index (κ2) is 19.6. The molecule has 7 nitrogen and oxygen atoms in total. The number of terminal acetylenes is 1. The zero-order chi connectivity index (χ0) is 25.8. The van der Waals surface area contributed by atoms with E-state index >= 15 is 0 Å². The summed E-state index contributed by atoms with van der Waals surface area (Å²) in [6.45, 7) is 6.20. The fourth-order valence-corrected chi connectivity index (χ4v) is 3.08. The molecule has 0 unspecified atom stereocenters. The smallest absolute Gasteiger partial charge is 0.143 e. The van der Waals surface area contributed by atoms with E-state index in [1.165, 1.54) is 31.4 Å². The van der Waals surface area contributed by atoms with Crippen LogP contribution in [0.2, 0.25) is 0 Å². The van der Waals surface area contributed by atoms with Crippen molar-refractivity contribution >= 4 is 22.9 Å². The van der Waals surface area contributed by atoms with Crippen molar-refractivity contribution in [3.63, 3.8) is 0 Å². The Balaban J connectivity index is 0.000000505. The van der Waals surface area contributed by atoms with E-state index in [-0.39, 0.29) is 5.75 Å². The Bertz CT molecular complexity index is 963. The summed E-state index contributed by atoms with van der Waals surface area (Å²) < 4.78 is 13.5. The Hall–Kier alpha value is -2.83. The van der Waals surface area contributed by atoms with Gasteiger partial charge in [0.05, 0.1) is 29.8 Å². The number of methoxy groups -OCH3 is 1. The molecule has 0 aliphatic rings. The number of benzene rings is 2. The molecular weight excluding hydrogens is 448 g/mol. The maximum atomic E-state index is 9.09. The lowest BCUT2D eigenvalue weighted by atomic mass is 10.1. The number of nitrogens with one attached hydrogen (secondary N) is 2. The van der Waals surface area contributed by atoms with Gasteiger partial charge in [0.25, 0.3) is 0 Å². The van der Waals surface area contributed by atoms with Gasteiger partial charge in [-0.1, -0.05) is 38.5 Å². The number of unbranched alkanes of at least 4 members (excludes halogenated alkanes) is 1. The minimum absolute atomic E-state index is 0.0540. The molecular formula is C26H38N4O3S. The molecule has 0 saturated carbocycles. The van der Waals surface area contributed by atoms with Gasteiger partial charge in [0.1, 0.15) is 17.3 Å². The highest BCUT2D eigenvalue weighted by Crippen LogP contribution is 2.29. The van der Waals surface area contributed by atoms with Crippen LogP contribution in [0.1, 0.15) is 38.2 Å². The molecule has 1 aromatic heterocycles. The van der Waals surface area contributed by atoms with Crippen LogP contribution >= 0.6 is 12.0 Å². The van der Waals surface area contributed by atoms with Crippen LogP contribution in [0.4, 0.5) is 0 Å². The predicted octanol–water partition coefficient (Wildman–Crippen LogP) is 5.13. The molecule has 0 fully saturated rings. The van der Waals surface area contributed by atoms with Crippen molar-refractivity contribution in [2.45, 2.75) is 44.6 Å². The fraction of sp³-hybridized carbons (Fsp3) is 0.385. The maximum absolute atomic E-state index is 9.09. The highest BCUT2D eigenvalue weighted by molar-refractivity contribution is 7.93. The van der Waals surface area contributed by atoms with E-state index in [2.05, 4.69) is 53.4 Å². The van der Waals surface area contributed by atoms with Crippen LogP contribution in [0.5, 0.6) is 11.5 Å². The number of nitrogens with zero attached hydrogens (tertiary/aromatic N) is 2. The van der Waals surface area contributed by atoms with Gasteiger partial charge in [-0.2, -0.15) is 0 Å². The molecule has 0 spiro atoms. The monoisotopic (exact) mass is 486 g/mol. The number of phenols is 1. The summed E-state index contributed by atoms with van der Waals surface area (Å²) in [4.78, 5) is 9.43. The standard InChI is InChI=1S/C12H15N3.C7H8O3S.C5H13N.C2H2/c1-3-10-9-6-4-5-7-11(9)15-12(14-10)8-13-2;1-10-5-2-3-6(8)7(4-5)11-9;1-3-4-5-6-2;1-2/h4-7,13H,3,8H2,1-2H3;2-4,8-9H,1H3;6H,3-5H2,1-2H3;1-2H. The van der Waals surface area contributed by atoms with E-state index in [4.69, 9.17) is 14.4 Å². The number of ether oxygens (including phenoxy) is 1. The number of hydrogen-bond donors (Lipinski definition) is 4. The lowest BCUT2D eigenvalue weighted by molar-refractivity contribution is 0.408. The minimum atomic E-state index is 0.0540. The quantitative estimate of drug-likeness (QED) is 0.197. The van der Waals surface area contributed by atoms with Crippen molar-refractivity contribution in [2.24, 2.45) is 0 Å². The molecule has 2 aromatic carbocycles. The average Bonchev–Trinajstić information content (AvgIpc) is 2.89. The first-order chi connectivity index (χ1) is 16.5. The highest BCUT2D eigenvalue weighted by atomic mass is 32.2. The number of aromatic hydroxyl groups is 1. The largest absolute Gasteiger partial charge is 0.507 e. The van der Waals surface area contributed by atoms with Crippen molar-refractivity contribution < 1.29 is 14.4 Å². The van der Waals surface area contributed by atoms with Gasteiger partial charge in [0.15, 0.2) is 0 Å². The van der Waals surface area contributed by atoms with Gasteiger partial charge in [-0.25, -0.2) is 9.97 Å². The van der Waals surface area contributed by atoms with Gasteiger partial charge >= 0.3 is 0 Å². The van der Waals surface area contributed by atoms with E-state index in [0.717, 1.165) is 36.5 Å². The number of aromatic nitrogens is 2. The Labute approximate surface area is 208 Å². The van der Waals surface area contributed by atoms with Crippen LogP contribution in [0.3, 0.4) is 0 Å². The van der Waals surface area contributed by atoms with Crippen molar-refractivity contribution in [3.8, 4) is 24.3 Å². The number of aryl methyl sites for hydroxylation is 1. The molecule has 0 aliphatic carbocycles. The summed E-state index contributed by atoms with van der Waals surface area (Å²) in [6, 6.07) is 12.8. The number of para-hydroxylation sites is 1. The molecule has 8 heteroatoms. The maximum Gasteiger partial charge on any atom is 0.143 e. The summed E-state index contributed by atoms with van der Waals surface area (Å²) in [5.74, 6) is 1.53. The molecule has 4 N–H and O–H groups in total. The number of hydrogen-bond acceptors (Lipinski definition) is 8. The zero-order valence-corrected chi connectivity index (χ0v) is 21.7. The first kappa shape index (κ1) is 31.2. The molecule has 0 radical (unpaired) electrons. The van der Waals surface area contributed by atoms with Crippen LogP contribution in [0, 0.1) is 12.8 Å². The third kappa shape index (κ3) is 11.3. The highest BCUT2D eigenvalue weighted by Gasteiger charge is 2.04. The van der Waals surface area contributed by atoms with Gasteiger partial charge in [0, 0.05) is 17.4 Å². The Morgan fingerprint density at radius 1 is 1.03 bits per heavy atom. The van der Waals surface area contributed by atoms with Crippen LogP contribution in [0.15, 0.2) is 47.4 Å². The number of fused-ring (bicyclic) bond motifs is 1. The molecule has 1 heterocycles. The van der Waals surface area contributed by atoms with Crippen molar-refractivity contribution in [3.05, 3.63) is 54.0 Å². The molecule has 0 aliphatic heterocycles. The summed E-state index contributed by atoms with van der Waals surface area (Å²) in [6.07, 6.45) is 11.5. The van der Waals surface area contributed by atoms with E-state index in [1.807, 2.05) is 32.3 Å². The van der Waals surface area contributed by atoms with Gasteiger partial charge in [0.2, 0.25) is 0 Å². The molecule has 0 bridgehead atoms. The van der Waals surface area contributed by atoms with Crippen LogP contribution < -0.4 is 15.4 Å². The molecule has 186 valence electrons. The first-order valence-corrected chi connectivity index (χ1v) is 11.9. The Morgan fingerprint density at radius 3 is 2.26 bits per heavy atom. The molecule has 0 atom stereocenters. The third-order valence-corrected chi connectivity index (χ3v) is 4.97. The molecule has 3 aromatic rings. The van der Waals surface area contributed by atoms with Crippen LogP contribution in [-0.2, 0) is 13.0 Å². The fourth-order valence-electron chi connectivity index (χ4n) is 2.75. The number of phenolic OH excluding ortho intramolecular Hbond substituents is 1. The third-order valence-electron chi connectivity index (χ3n) is 4.44. The van der Waals surface area contributed by atoms with E-state index in [0.29, 0.717) is 22.7 Å². The average molecular weight is 487 g/mol. The van der Waals surface area contributed by atoms with E-state index in [1.54, 1.807) is 12.1 Å². The summed E-state index contributed by atoms with van der Waals surface area (Å²) >= 11 is 0.495. The van der Waals surface area contributed by atoms with Gasteiger partial charge in [-0.3, -0.25) is 0 Å². The van der Waals surface area contributed by atoms with Gasteiger partial charge < -0.3 is 25.0 Å². The first-order valence-electron chi connectivity index (χ1n) is 11.1. The van der Waals surface area contributed by atoms with E-state index in [9.17, 15) is 0 Å². The summed E-state index contributed by atoms with van der Waals surface area (Å²) in [5, 5.41) is 16.4. The molecule has 34 heavy (non-hydrogen) atoms.